The standard InChI is InChI=1S/C14H23N3OS2/c1-14(2,19-3)12(15)13(18)16-8-11-17-9-6-4-5-7-10(9)20-11/h12H,4-8,15H2,1-3H3,(H,16,18)/t12-/m1/s1. The first-order valence-corrected chi connectivity index (χ1v) is 9.04. The minimum Gasteiger partial charge on any atom is -0.348 e. The minimum absolute atomic E-state index is 0.0995. The van der Waals surface area contributed by atoms with E-state index < -0.39 is 6.04 Å². The molecule has 3 N–H and O–H groups in total. The van der Waals surface area contributed by atoms with Gasteiger partial charge in [0.1, 0.15) is 5.01 Å². The molecule has 0 saturated heterocycles. The molecule has 20 heavy (non-hydrogen) atoms. The maximum absolute atomic E-state index is 12.1. The summed E-state index contributed by atoms with van der Waals surface area (Å²) >= 11 is 3.34. The molecule has 1 amide bonds. The Morgan fingerprint density at radius 1 is 1.50 bits per heavy atom. The number of nitrogens with zero attached hydrogens (tertiary/aromatic N) is 1. The minimum atomic E-state index is -0.507. The number of nitrogens with two attached hydrogens (primary N) is 1. The van der Waals surface area contributed by atoms with Crippen LogP contribution in [0.25, 0.3) is 0 Å². The summed E-state index contributed by atoms with van der Waals surface area (Å²) in [5.74, 6) is -0.0995. The second kappa shape index (κ2) is 6.45. The SMILES string of the molecule is CSC(C)(C)[C@H](N)C(=O)NCc1nc2c(s1)CCCC2. The molecule has 0 spiro atoms. The van der Waals surface area contributed by atoms with Crippen LogP contribution in [0.3, 0.4) is 0 Å². The van der Waals surface area contributed by atoms with E-state index in [1.165, 1.54) is 23.4 Å². The second-order valence-electron chi connectivity index (χ2n) is 5.69. The summed E-state index contributed by atoms with van der Waals surface area (Å²) in [5, 5.41) is 3.92. The third kappa shape index (κ3) is 3.54. The number of fused-ring (bicyclic) bond motifs is 1. The van der Waals surface area contributed by atoms with Crippen molar-refractivity contribution >= 4 is 29.0 Å². The molecule has 0 aromatic carbocycles. The van der Waals surface area contributed by atoms with Gasteiger partial charge in [-0.05, 0) is 45.8 Å². The first kappa shape index (κ1) is 15.8. The van der Waals surface area contributed by atoms with Crippen molar-refractivity contribution in [1.29, 1.82) is 0 Å². The normalized spacial score (nSPS) is 16.6. The van der Waals surface area contributed by atoms with Crippen molar-refractivity contribution < 1.29 is 4.79 Å². The number of thiazole rings is 1. The topological polar surface area (TPSA) is 68.0 Å². The molecule has 0 fully saturated rings. The van der Waals surface area contributed by atoms with Gasteiger partial charge in [0.2, 0.25) is 5.91 Å². The van der Waals surface area contributed by atoms with Crippen LogP contribution in [0.5, 0.6) is 0 Å². The molecule has 4 nitrogen and oxygen atoms in total. The Bertz CT molecular complexity index is 461. The van der Waals surface area contributed by atoms with Crippen molar-refractivity contribution in [3.63, 3.8) is 0 Å². The first-order chi connectivity index (χ1) is 9.44. The van der Waals surface area contributed by atoms with Crippen LogP contribution in [0.4, 0.5) is 0 Å². The van der Waals surface area contributed by atoms with Crippen LogP contribution in [0, 0.1) is 0 Å². The Kier molecular flexibility index (Phi) is 5.09. The number of amides is 1. The fraction of sp³-hybridized carbons (Fsp3) is 0.714. The smallest absolute Gasteiger partial charge is 0.238 e. The van der Waals surface area contributed by atoms with Crippen LogP contribution < -0.4 is 11.1 Å². The lowest BCUT2D eigenvalue weighted by Crippen LogP contribution is -2.51. The van der Waals surface area contributed by atoms with Gasteiger partial charge in [-0.15, -0.1) is 11.3 Å². The van der Waals surface area contributed by atoms with Crippen LogP contribution >= 0.6 is 23.1 Å². The van der Waals surface area contributed by atoms with Gasteiger partial charge >= 0.3 is 0 Å². The number of aromatic nitrogens is 1. The van der Waals surface area contributed by atoms with Crippen molar-refractivity contribution in [3.05, 3.63) is 15.6 Å². The molecule has 112 valence electrons. The number of aryl methyl sites for hydroxylation is 2. The summed E-state index contributed by atoms with van der Waals surface area (Å²) in [7, 11) is 0. The number of carbonyl (C=O) groups is 1. The number of rotatable bonds is 5. The fourth-order valence-corrected chi connectivity index (χ4v) is 3.65. The molecule has 0 aliphatic heterocycles. The van der Waals surface area contributed by atoms with Crippen LogP contribution in [-0.2, 0) is 24.2 Å². The molecule has 0 radical (unpaired) electrons. The van der Waals surface area contributed by atoms with Crippen LogP contribution in [-0.4, -0.2) is 27.9 Å². The fourth-order valence-electron chi connectivity index (χ4n) is 2.20. The van der Waals surface area contributed by atoms with Crippen LogP contribution in [0.15, 0.2) is 0 Å². The second-order valence-corrected chi connectivity index (χ2v) is 8.32. The first-order valence-electron chi connectivity index (χ1n) is 7.00. The molecule has 0 bridgehead atoms. The van der Waals surface area contributed by atoms with Crippen LogP contribution in [0.2, 0.25) is 0 Å². The quantitative estimate of drug-likeness (QED) is 0.873. The molecule has 1 heterocycles. The summed E-state index contributed by atoms with van der Waals surface area (Å²) in [4.78, 5) is 18.1. The zero-order valence-corrected chi connectivity index (χ0v) is 14.0. The summed E-state index contributed by atoms with van der Waals surface area (Å²) in [6, 6.07) is -0.507. The lowest BCUT2D eigenvalue weighted by atomic mass is 10.0. The molecule has 1 atom stereocenters. The molecular formula is C14H23N3OS2. The Labute approximate surface area is 128 Å². The highest BCUT2D eigenvalue weighted by Crippen LogP contribution is 2.27. The van der Waals surface area contributed by atoms with E-state index in [1.807, 2.05) is 20.1 Å². The van der Waals surface area contributed by atoms with Gasteiger partial charge in [-0.25, -0.2) is 4.98 Å². The van der Waals surface area contributed by atoms with E-state index in [0.29, 0.717) is 6.54 Å². The molecule has 6 heteroatoms. The van der Waals surface area contributed by atoms with Crippen molar-refractivity contribution in [2.24, 2.45) is 5.73 Å². The van der Waals surface area contributed by atoms with E-state index in [0.717, 1.165) is 17.8 Å². The summed E-state index contributed by atoms with van der Waals surface area (Å²) in [6.45, 7) is 4.47. The predicted octanol–water partition coefficient (Wildman–Crippen LogP) is 2.11. The zero-order chi connectivity index (χ0) is 14.8. The third-order valence-electron chi connectivity index (χ3n) is 3.86. The van der Waals surface area contributed by atoms with Gasteiger partial charge in [0.25, 0.3) is 0 Å². The summed E-state index contributed by atoms with van der Waals surface area (Å²) in [6.07, 6.45) is 6.68. The Hall–Kier alpha value is -0.590. The number of thioether (sulfide) groups is 1. The summed E-state index contributed by atoms with van der Waals surface area (Å²) < 4.78 is -0.258. The van der Waals surface area contributed by atoms with Crippen molar-refractivity contribution in [2.45, 2.75) is 56.9 Å². The maximum Gasteiger partial charge on any atom is 0.238 e. The molecule has 1 aromatic rings. The molecule has 1 aliphatic rings. The molecular weight excluding hydrogens is 290 g/mol. The lowest BCUT2D eigenvalue weighted by Gasteiger charge is -2.28. The number of hydrogen-bond donors (Lipinski definition) is 2. The van der Waals surface area contributed by atoms with Gasteiger partial charge in [0, 0.05) is 9.62 Å². The summed E-state index contributed by atoms with van der Waals surface area (Å²) in [5.41, 5.74) is 7.25. The number of nitrogens with one attached hydrogen (secondary N) is 1. The maximum atomic E-state index is 12.1. The number of hydrogen-bond acceptors (Lipinski definition) is 5. The number of carbonyl (C=O) groups excluding carboxylic acids is 1. The van der Waals surface area contributed by atoms with E-state index in [9.17, 15) is 4.79 Å². The van der Waals surface area contributed by atoms with E-state index in [4.69, 9.17) is 5.73 Å². The van der Waals surface area contributed by atoms with Crippen molar-refractivity contribution in [2.75, 3.05) is 6.26 Å². The monoisotopic (exact) mass is 313 g/mol. The molecule has 1 aliphatic carbocycles. The van der Waals surface area contributed by atoms with Crippen molar-refractivity contribution in [1.82, 2.24) is 10.3 Å². The molecule has 1 aromatic heterocycles. The van der Waals surface area contributed by atoms with Gasteiger partial charge < -0.3 is 11.1 Å². The average Bonchev–Trinajstić information content (AvgIpc) is 2.86. The average molecular weight is 313 g/mol. The Balaban J connectivity index is 1.92. The molecule has 2 rings (SSSR count). The Morgan fingerprint density at radius 2 is 2.20 bits per heavy atom. The highest BCUT2D eigenvalue weighted by atomic mass is 32.2. The van der Waals surface area contributed by atoms with E-state index in [-0.39, 0.29) is 10.7 Å². The van der Waals surface area contributed by atoms with Gasteiger partial charge in [-0.2, -0.15) is 11.8 Å². The highest BCUT2D eigenvalue weighted by Gasteiger charge is 2.31. The third-order valence-corrected chi connectivity index (χ3v) is 6.32. The predicted molar refractivity (Wildman–Crippen MR) is 86.2 cm³/mol. The van der Waals surface area contributed by atoms with Gasteiger partial charge in [0.15, 0.2) is 0 Å². The van der Waals surface area contributed by atoms with Gasteiger partial charge in [0.05, 0.1) is 18.3 Å². The van der Waals surface area contributed by atoms with E-state index in [2.05, 4.69) is 10.3 Å². The zero-order valence-electron chi connectivity index (χ0n) is 12.4. The van der Waals surface area contributed by atoms with Crippen molar-refractivity contribution in [3.8, 4) is 0 Å². The molecule has 0 unspecified atom stereocenters. The Morgan fingerprint density at radius 3 is 2.85 bits per heavy atom. The van der Waals surface area contributed by atoms with Gasteiger partial charge in [-0.3, -0.25) is 4.79 Å². The molecule has 0 saturated carbocycles. The largest absolute Gasteiger partial charge is 0.348 e. The van der Waals surface area contributed by atoms with E-state index in [1.54, 1.807) is 23.1 Å². The van der Waals surface area contributed by atoms with Gasteiger partial charge in [-0.1, -0.05) is 0 Å². The van der Waals surface area contributed by atoms with E-state index >= 15 is 0 Å². The van der Waals surface area contributed by atoms with Crippen LogP contribution in [0.1, 0.15) is 42.3 Å². The highest BCUT2D eigenvalue weighted by molar-refractivity contribution is 8.00. The lowest BCUT2D eigenvalue weighted by molar-refractivity contribution is -0.123.